The molecular weight excluding hydrogens is 220 g/mol. The molecule has 0 N–H and O–H groups in total. The zero-order chi connectivity index (χ0) is 12.5. The van der Waals surface area contributed by atoms with Gasteiger partial charge in [-0.3, -0.25) is 10.1 Å². The number of carbonyl (C=O) groups excluding carboxylic acids is 1. The van der Waals surface area contributed by atoms with Gasteiger partial charge >= 0.3 is 5.69 Å². The summed E-state index contributed by atoms with van der Waals surface area (Å²) in [5.74, 6) is -2.12. The van der Waals surface area contributed by atoms with E-state index in [0.717, 1.165) is 0 Å². The predicted octanol–water partition coefficient (Wildman–Crippen LogP) is 2.35. The van der Waals surface area contributed by atoms with Crippen molar-refractivity contribution in [2.75, 3.05) is 0 Å². The second-order valence-corrected chi connectivity index (χ2v) is 3.88. The first-order valence-corrected chi connectivity index (χ1v) is 4.40. The number of benzene rings is 1. The normalized spacial score (nSPS) is 11.2. The third kappa shape index (κ3) is 2.05. The molecule has 0 aliphatic heterocycles. The third-order valence-corrected chi connectivity index (χ3v) is 2.22. The van der Waals surface area contributed by atoms with Crippen LogP contribution < -0.4 is 0 Å². The number of rotatable bonds is 3. The zero-order valence-electron chi connectivity index (χ0n) is 8.66. The van der Waals surface area contributed by atoms with E-state index >= 15 is 0 Å². The van der Waals surface area contributed by atoms with Gasteiger partial charge in [0.15, 0.2) is 0 Å². The summed E-state index contributed by atoms with van der Waals surface area (Å²) >= 11 is 0. The lowest BCUT2D eigenvalue weighted by molar-refractivity contribution is -0.387. The van der Waals surface area contributed by atoms with Crippen molar-refractivity contribution in [1.29, 1.82) is 0 Å². The lowest BCUT2D eigenvalue weighted by atomic mass is 9.86. The molecule has 0 aromatic heterocycles. The van der Waals surface area contributed by atoms with E-state index in [1.165, 1.54) is 13.8 Å². The Morgan fingerprint density at radius 3 is 2.31 bits per heavy atom. The van der Waals surface area contributed by atoms with Crippen molar-refractivity contribution in [2.24, 2.45) is 0 Å². The van der Waals surface area contributed by atoms with Crippen LogP contribution in [-0.2, 0) is 10.2 Å². The molecule has 86 valence electrons. The Morgan fingerprint density at radius 2 is 1.88 bits per heavy atom. The Kier molecular flexibility index (Phi) is 3.02. The maximum Gasteiger partial charge on any atom is 0.307 e. The Bertz CT molecular complexity index is 458. The van der Waals surface area contributed by atoms with Crippen LogP contribution in [0.4, 0.5) is 14.5 Å². The van der Waals surface area contributed by atoms with Crippen LogP contribution in [0.15, 0.2) is 12.1 Å². The zero-order valence-corrected chi connectivity index (χ0v) is 8.66. The molecule has 0 bridgehead atoms. The molecule has 1 aromatic carbocycles. The van der Waals surface area contributed by atoms with Crippen molar-refractivity contribution in [3.63, 3.8) is 0 Å². The SMILES string of the molecule is CC(C)(C=O)c1cc(F)c([N+](=O)[O-])cc1F. The fourth-order valence-corrected chi connectivity index (χ4v) is 1.23. The monoisotopic (exact) mass is 229 g/mol. The second kappa shape index (κ2) is 3.96. The highest BCUT2D eigenvalue weighted by molar-refractivity contribution is 5.67. The molecule has 1 rings (SSSR count). The van der Waals surface area contributed by atoms with Crippen molar-refractivity contribution < 1.29 is 18.5 Å². The van der Waals surface area contributed by atoms with Gasteiger partial charge in [-0.15, -0.1) is 0 Å². The van der Waals surface area contributed by atoms with Crippen molar-refractivity contribution in [3.05, 3.63) is 39.4 Å². The molecule has 0 atom stereocenters. The van der Waals surface area contributed by atoms with Crippen LogP contribution in [0, 0.1) is 21.7 Å². The highest BCUT2D eigenvalue weighted by Crippen LogP contribution is 2.28. The smallest absolute Gasteiger partial charge is 0.302 e. The molecule has 0 fully saturated rings. The van der Waals surface area contributed by atoms with E-state index < -0.39 is 27.7 Å². The standard InChI is InChI=1S/C10H9F2NO3/c1-10(2,5-14)6-3-8(12)9(13(15)16)4-7(6)11/h3-5H,1-2H3. The van der Waals surface area contributed by atoms with Gasteiger partial charge in [0.05, 0.1) is 11.0 Å². The minimum absolute atomic E-state index is 0.203. The molecule has 0 saturated heterocycles. The van der Waals surface area contributed by atoms with Crippen LogP contribution in [0.3, 0.4) is 0 Å². The number of hydrogen-bond donors (Lipinski definition) is 0. The Hall–Kier alpha value is -1.85. The lowest BCUT2D eigenvalue weighted by Gasteiger charge is -2.17. The average molecular weight is 229 g/mol. The molecule has 0 aliphatic rings. The van der Waals surface area contributed by atoms with Gasteiger partial charge in [-0.1, -0.05) is 0 Å². The van der Waals surface area contributed by atoms with Crippen LogP contribution in [0.1, 0.15) is 19.4 Å². The Balaban J connectivity index is 3.42. The number of nitrogens with zero attached hydrogens (tertiary/aromatic N) is 1. The lowest BCUT2D eigenvalue weighted by Crippen LogP contribution is -2.21. The topological polar surface area (TPSA) is 60.2 Å². The maximum atomic E-state index is 13.4. The molecule has 0 unspecified atom stereocenters. The van der Waals surface area contributed by atoms with Crippen LogP contribution in [0.5, 0.6) is 0 Å². The van der Waals surface area contributed by atoms with Gasteiger partial charge in [0.1, 0.15) is 12.1 Å². The molecule has 1 aromatic rings. The van der Waals surface area contributed by atoms with E-state index in [2.05, 4.69) is 0 Å². The van der Waals surface area contributed by atoms with Crippen LogP contribution in [-0.4, -0.2) is 11.2 Å². The minimum atomic E-state index is -1.22. The molecule has 0 aliphatic carbocycles. The second-order valence-electron chi connectivity index (χ2n) is 3.88. The third-order valence-electron chi connectivity index (χ3n) is 2.22. The average Bonchev–Trinajstić information content (AvgIpc) is 2.20. The van der Waals surface area contributed by atoms with Gasteiger partial charge in [0.25, 0.3) is 0 Å². The summed E-state index contributed by atoms with van der Waals surface area (Å²) in [6.07, 6.45) is 0.455. The van der Waals surface area contributed by atoms with E-state index in [1.54, 1.807) is 0 Å². The summed E-state index contributed by atoms with van der Waals surface area (Å²) in [6, 6.07) is 1.16. The van der Waals surface area contributed by atoms with E-state index in [4.69, 9.17) is 0 Å². The molecule has 0 spiro atoms. The Morgan fingerprint density at radius 1 is 1.31 bits per heavy atom. The predicted molar refractivity (Wildman–Crippen MR) is 52.1 cm³/mol. The van der Waals surface area contributed by atoms with Crippen LogP contribution in [0.2, 0.25) is 0 Å². The van der Waals surface area contributed by atoms with Gasteiger partial charge in [0, 0.05) is 11.0 Å². The highest BCUT2D eigenvalue weighted by atomic mass is 19.1. The first kappa shape index (κ1) is 12.2. The first-order valence-electron chi connectivity index (χ1n) is 4.40. The number of carbonyl (C=O) groups is 1. The highest BCUT2D eigenvalue weighted by Gasteiger charge is 2.28. The molecule has 0 radical (unpaired) electrons. The van der Waals surface area contributed by atoms with Crippen molar-refractivity contribution in [3.8, 4) is 0 Å². The summed E-state index contributed by atoms with van der Waals surface area (Å²) in [5.41, 5.74) is -2.37. The van der Waals surface area contributed by atoms with Gasteiger partial charge in [-0.2, -0.15) is 4.39 Å². The van der Waals surface area contributed by atoms with Crippen molar-refractivity contribution >= 4 is 12.0 Å². The fourth-order valence-electron chi connectivity index (χ4n) is 1.23. The fraction of sp³-hybridized carbons (Fsp3) is 0.300. The van der Waals surface area contributed by atoms with Gasteiger partial charge in [0.2, 0.25) is 5.82 Å². The van der Waals surface area contributed by atoms with Crippen molar-refractivity contribution in [2.45, 2.75) is 19.3 Å². The molecule has 0 saturated carbocycles. The largest absolute Gasteiger partial charge is 0.307 e. The quantitative estimate of drug-likeness (QED) is 0.454. The number of nitro benzene ring substituents is 1. The van der Waals surface area contributed by atoms with Gasteiger partial charge in [-0.25, -0.2) is 4.39 Å². The first-order chi connectivity index (χ1) is 7.29. The maximum absolute atomic E-state index is 13.4. The molecule has 0 heterocycles. The summed E-state index contributed by atoms with van der Waals surface area (Å²) in [6.45, 7) is 2.79. The van der Waals surface area contributed by atoms with E-state index in [9.17, 15) is 23.7 Å². The number of nitro groups is 1. The number of halogens is 2. The molecule has 6 heteroatoms. The van der Waals surface area contributed by atoms with Crippen molar-refractivity contribution in [1.82, 2.24) is 0 Å². The minimum Gasteiger partial charge on any atom is -0.302 e. The van der Waals surface area contributed by atoms with E-state index in [0.29, 0.717) is 18.4 Å². The summed E-state index contributed by atoms with van der Waals surface area (Å²) in [4.78, 5) is 20.0. The number of aldehydes is 1. The molecule has 4 nitrogen and oxygen atoms in total. The Labute approximate surface area is 90.0 Å². The summed E-state index contributed by atoms with van der Waals surface area (Å²) < 4.78 is 26.7. The summed E-state index contributed by atoms with van der Waals surface area (Å²) in [5, 5.41) is 10.3. The molecular formula is C10H9F2NO3. The van der Waals surface area contributed by atoms with E-state index in [1.807, 2.05) is 0 Å². The molecule has 16 heavy (non-hydrogen) atoms. The van der Waals surface area contributed by atoms with Gasteiger partial charge < -0.3 is 4.79 Å². The summed E-state index contributed by atoms with van der Waals surface area (Å²) in [7, 11) is 0. The van der Waals surface area contributed by atoms with Crippen LogP contribution >= 0.6 is 0 Å². The molecule has 0 amide bonds. The van der Waals surface area contributed by atoms with Crippen LogP contribution in [0.25, 0.3) is 0 Å². The van der Waals surface area contributed by atoms with E-state index in [-0.39, 0.29) is 5.56 Å². The van der Waals surface area contributed by atoms with Gasteiger partial charge in [-0.05, 0) is 19.9 Å². The number of hydrogen-bond acceptors (Lipinski definition) is 3.